The van der Waals surface area contributed by atoms with Gasteiger partial charge in [-0.1, -0.05) is 0 Å². The summed E-state index contributed by atoms with van der Waals surface area (Å²) >= 11 is 0. The van der Waals surface area contributed by atoms with E-state index >= 15 is 0 Å². The first-order valence-electron chi connectivity index (χ1n) is 7.04. The molecule has 0 radical (unpaired) electrons. The number of rotatable bonds is 6. The molecule has 0 aliphatic carbocycles. The van der Waals surface area contributed by atoms with E-state index in [0.717, 1.165) is 24.7 Å². The lowest BCUT2D eigenvalue weighted by Gasteiger charge is -2.21. The van der Waals surface area contributed by atoms with Crippen LogP contribution in [0, 0.1) is 0 Å². The van der Waals surface area contributed by atoms with E-state index in [-0.39, 0.29) is 0 Å². The molecule has 1 aliphatic heterocycles. The molecule has 6 nitrogen and oxygen atoms in total. The van der Waals surface area contributed by atoms with Crippen molar-refractivity contribution in [3.63, 3.8) is 0 Å². The highest BCUT2D eigenvalue weighted by Gasteiger charge is 2.15. The predicted molar refractivity (Wildman–Crippen MR) is 79.4 cm³/mol. The van der Waals surface area contributed by atoms with E-state index in [1.165, 1.54) is 25.9 Å². The molecule has 1 fully saturated rings. The van der Waals surface area contributed by atoms with Crippen LogP contribution in [0.3, 0.4) is 0 Å². The number of nitrogen functional groups attached to an aromatic ring is 1. The maximum Gasteiger partial charge on any atom is 0.223 e. The summed E-state index contributed by atoms with van der Waals surface area (Å²) in [6.45, 7) is 8.48. The van der Waals surface area contributed by atoms with Crippen molar-refractivity contribution in [3.05, 3.63) is 6.07 Å². The average Bonchev–Trinajstić information content (AvgIpc) is 2.81. The van der Waals surface area contributed by atoms with Gasteiger partial charge in [0.15, 0.2) is 0 Å². The van der Waals surface area contributed by atoms with E-state index in [9.17, 15) is 0 Å². The van der Waals surface area contributed by atoms with Crippen LogP contribution in [0.15, 0.2) is 6.07 Å². The number of likely N-dealkylation sites (tertiary alicyclic amines) is 1. The normalized spacial score (nSPS) is 17.4. The number of nitrogens with zero attached hydrogens (tertiary/aromatic N) is 3. The second-order valence-electron chi connectivity index (χ2n) is 5.08. The van der Waals surface area contributed by atoms with Crippen molar-refractivity contribution in [2.24, 2.45) is 0 Å². The van der Waals surface area contributed by atoms with Crippen LogP contribution in [0.5, 0.6) is 0 Å². The Kier molecular flexibility index (Phi) is 4.79. The van der Waals surface area contributed by atoms with Gasteiger partial charge in [-0.05, 0) is 39.8 Å². The fourth-order valence-corrected chi connectivity index (χ4v) is 2.46. The van der Waals surface area contributed by atoms with E-state index in [4.69, 9.17) is 5.73 Å². The zero-order chi connectivity index (χ0) is 13.7. The van der Waals surface area contributed by atoms with Crippen LogP contribution in [0.4, 0.5) is 17.6 Å². The van der Waals surface area contributed by atoms with Gasteiger partial charge < -0.3 is 21.3 Å². The molecule has 0 saturated carbocycles. The van der Waals surface area contributed by atoms with E-state index in [0.29, 0.717) is 12.0 Å². The molecule has 1 aliphatic rings. The maximum absolute atomic E-state index is 5.72. The zero-order valence-electron chi connectivity index (χ0n) is 11.8. The first-order chi connectivity index (χ1) is 9.17. The predicted octanol–water partition coefficient (Wildman–Crippen LogP) is 1.39. The number of anilines is 3. The van der Waals surface area contributed by atoms with Crippen molar-refractivity contribution < 1.29 is 0 Å². The summed E-state index contributed by atoms with van der Waals surface area (Å²) in [7, 11) is 0. The molecule has 2 rings (SSSR count). The Morgan fingerprint density at radius 2 is 2.00 bits per heavy atom. The number of hydrogen-bond donors (Lipinski definition) is 3. The highest BCUT2D eigenvalue weighted by atomic mass is 15.2. The third-order valence-corrected chi connectivity index (χ3v) is 3.23. The lowest BCUT2D eigenvalue weighted by atomic mass is 10.3. The Morgan fingerprint density at radius 3 is 2.68 bits per heavy atom. The number of aromatic nitrogens is 2. The first-order valence-corrected chi connectivity index (χ1v) is 7.04. The monoisotopic (exact) mass is 264 g/mol. The van der Waals surface area contributed by atoms with E-state index < -0.39 is 0 Å². The summed E-state index contributed by atoms with van der Waals surface area (Å²) in [6.07, 6.45) is 2.63. The largest absolute Gasteiger partial charge is 0.370 e. The summed E-state index contributed by atoms with van der Waals surface area (Å²) in [6, 6.07) is 2.25. The number of nitrogens with one attached hydrogen (secondary N) is 2. The first kappa shape index (κ1) is 13.9. The molecule has 1 atom stereocenters. The minimum atomic E-state index is 0.300. The van der Waals surface area contributed by atoms with Gasteiger partial charge in [-0.25, -0.2) is 0 Å². The van der Waals surface area contributed by atoms with Crippen molar-refractivity contribution in [2.45, 2.75) is 32.7 Å². The Morgan fingerprint density at radius 1 is 1.32 bits per heavy atom. The van der Waals surface area contributed by atoms with Crippen LogP contribution < -0.4 is 16.4 Å². The number of hydrogen-bond acceptors (Lipinski definition) is 6. The van der Waals surface area contributed by atoms with Gasteiger partial charge in [-0.15, -0.1) is 0 Å². The van der Waals surface area contributed by atoms with Gasteiger partial charge in [0.05, 0.1) is 0 Å². The average molecular weight is 264 g/mol. The zero-order valence-corrected chi connectivity index (χ0v) is 11.8. The lowest BCUT2D eigenvalue weighted by Crippen LogP contribution is -2.33. The van der Waals surface area contributed by atoms with Crippen LogP contribution in [-0.4, -0.2) is 47.1 Å². The quantitative estimate of drug-likeness (QED) is 0.720. The summed E-state index contributed by atoms with van der Waals surface area (Å²) in [5, 5.41) is 6.55. The molecule has 2 heterocycles. The molecular weight excluding hydrogens is 240 g/mol. The molecule has 106 valence electrons. The molecule has 1 aromatic rings. The molecule has 6 heteroatoms. The Hall–Kier alpha value is -1.56. The third-order valence-electron chi connectivity index (χ3n) is 3.23. The summed E-state index contributed by atoms with van der Waals surface area (Å²) in [5.74, 6) is 1.86. The molecule has 1 saturated heterocycles. The van der Waals surface area contributed by atoms with Crippen molar-refractivity contribution in [3.8, 4) is 0 Å². The summed E-state index contributed by atoms with van der Waals surface area (Å²) < 4.78 is 0. The van der Waals surface area contributed by atoms with Crippen LogP contribution in [-0.2, 0) is 0 Å². The van der Waals surface area contributed by atoms with Crippen LogP contribution in [0.25, 0.3) is 0 Å². The van der Waals surface area contributed by atoms with Gasteiger partial charge in [-0.2, -0.15) is 9.97 Å². The highest BCUT2D eigenvalue weighted by Crippen LogP contribution is 2.14. The fourth-order valence-electron chi connectivity index (χ4n) is 2.46. The second-order valence-corrected chi connectivity index (χ2v) is 5.08. The van der Waals surface area contributed by atoms with E-state index in [1.54, 1.807) is 0 Å². The smallest absolute Gasteiger partial charge is 0.223 e. The van der Waals surface area contributed by atoms with E-state index in [2.05, 4.69) is 32.4 Å². The molecular formula is C13H24N6. The van der Waals surface area contributed by atoms with Crippen molar-refractivity contribution in [2.75, 3.05) is 42.5 Å². The van der Waals surface area contributed by atoms with Gasteiger partial charge in [0.25, 0.3) is 0 Å². The van der Waals surface area contributed by atoms with Crippen LogP contribution >= 0.6 is 0 Å². The Balaban J connectivity index is 1.93. The van der Waals surface area contributed by atoms with Crippen molar-refractivity contribution >= 4 is 17.6 Å². The van der Waals surface area contributed by atoms with Gasteiger partial charge in [0.2, 0.25) is 5.95 Å². The van der Waals surface area contributed by atoms with E-state index in [1.807, 2.05) is 13.0 Å². The standard InChI is InChI=1S/C13H24N6/c1-3-15-11-8-12(18-13(14)17-11)16-10(2)9-19-6-4-5-7-19/h8,10H,3-7,9H2,1-2H3,(H4,14,15,16,17,18). The van der Waals surface area contributed by atoms with Crippen molar-refractivity contribution in [1.29, 1.82) is 0 Å². The van der Waals surface area contributed by atoms with Gasteiger partial charge in [-0.3, -0.25) is 0 Å². The molecule has 0 aromatic carbocycles. The SMILES string of the molecule is CCNc1cc(NC(C)CN2CCCC2)nc(N)n1. The molecule has 0 bridgehead atoms. The van der Waals surface area contributed by atoms with Gasteiger partial charge in [0, 0.05) is 25.2 Å². The minimum absolute atomic E-state index is 0.300. The molecule has 4 N–H and O–H groups in total. The topological polar surface area (TPSA) is 79.1 Å². The summed E-state index contributed by atoms with van der Waals surface area (Å²) in [4.78, 5) is 10.8. The van der Waals surface area contributed by atoms with Gasteiger partial charge >= 0.3 is 0 Å². The van der Waals surface area contributed by atoms with Crippen molar-refractivity contribution in [1.82, 2.24) is 14.9 Å². The molecule has 0 spiro atoms. The minimum Gasteiger partial charge on any atom is -0.370 e. The van der Waals surface area contributed by atoms with Gasteiger partial charge in [0.1, 0.15) is 11.6 Å². The lowest BCUT2D eigenvalue weighted by molar-refractivity contribution is 0.327. The molecule has 1 unspecified atom stereocenters. The molecule has 0 amide bonds. The molecule has 19 heavy (non-hydrogen) atoms. The Bertz CT molecular complexity index is 402. The Labute approximate surface area is 114 Å². The number of nitrogens with two attached hydrogens (primary N) is 1. The third kappa shape index (κ3) is 4.24. The molecule has 1 aromatic heterocycles. The maximum atomic E-state index is 5.72. The highest BCUT2D eigenvalue weighted by molar-refractivity contribution is 5.51. The fraction of sp³-hybridized carbons (Fsp3) is 0.692. The summed E-state index contributed by atoms with van der Waals surface area (Å²) in [5.41, 5.74) is 5.72. The van der Waals surface area contributed by atoms with Crippen LogP contribution in [0.1, 0.15) is 26.7 Å². The van der Waals surface area contributed by atoms with Crippen LogP contribution in [0.2, 0.25) is 0 Å². The second kappa shape index (κ2) is 6.56.